The first-order valence-electron chi connectivity index (χ1n) is 12.9. The highest BCUT2D eigenvalue weighted by molar-refractivity contribution is 5.78. The molecule has 1 aliphatic heterocycles. The Bertz CT molecular complexity index is 770. The number of rotatable bonds is 11. The summed E-state index contributed by atoms with van der Waals surface area (Å²) in [5.74, 6) is 2.22. The highest BCUT2D eigenvalue weighted by atomic mass is 16.5. The molecule has 4 atom stereocenters. The Kier molecular flexibility index (Phi) is 9.45. The lowest BCUT2D eigenvalue weighted by Crippen LogP contribution is -2.56. The van der Waals surface area contributed by atoms with Crippen LogP contribution in [0.1, 0.15) is 83.2 Å². The average molecular weight is 461 g/mol. The van der Waals surface area contributed by atoms with Gasteiger partial charge in [-0.3, -0.25) is 9.69 Å². The lowest BCUT2D eigenvalue weighted by molar-refractivity contribution is -0.138. The van der Waals surface area contributed by atoms with Gasteiger partial charge in [0.1, 0.15) is 11.5 Å². The van der Waals surface area contributed by atoms with Gasteiger partial charge in [-0.25, -0.2) is 0 Å². The van der Waals surface area contributed by atoms with Gasteiger partial charge in [-0.15, -0.1) is 0 Å². The van der Waals surface area contributed by atoms with E-state index in [1.807, 2.05) is 18.2 Å². The van der Waals surface area contributed by atoms with Crippen molar-refractivity contribution in [3.63, 3.8) is 0 Å². The Morgan fingerprint density at radius 3 is 2.76 bits per heavy atom. The molecule has 1 saturated carbocycles. The Balaban J connectivity index is 1.82. The summed E-state index contributed by atoms with van der Waals surface area (Å²) < 4.78 is 11.2. The summed E-state index contributed by atoms with van der Waals surface area (Å²) in [4.78, 5) is 15.3. The van der Waals surface area contributed by atoms with Crippen molar-refractivity contribution in [3.05, 3.63) is 23.8 Å². The predicted octanol–water partition coefficient (Wildman–Crippen LogP) is 4.70. The van der Waals surface area contributed by atoms with E-state index in [1.165, 1.54) is 12.8 Å². The molecule has 1 heterocycles. The minimum atomic E-state index is -0.683. The third-order valence-corrected chi connectivity index (χ3v) is 7.90. The molecule has 1 aromatic carbocycles. The van der Waals surface area contributed by atoms with E-state index in [0.717, 1.165) is 62.1 Å². The van der Waals surface area contributed by atoms with Gasteiger partial charge in [-0.05, 0) is 49.8 Å². The standard InChI is InChI=1S/C27H44N2O4/c1-5-7-10-20(6-2)18-28-25(30)19-29-16-15-27(31)14-9-8-11-23(27)26(29)22-17-21(32-3)12-13-24(22)33-4/h12-13,17,20,23,26,31H,5-11,14-16,18-19H2,1-4H3,(H,28,30). The molecule has 1 aromatic rings. The number of carbonyl (C=O) groups is 1. The lowest BCUT2D eigenvalue weighted by Gasteiger charge is -2.52. The number of benzene rings is 1. The first kappa shape index (κ1) is 25.8. The van der Waals surface area contributed by atoms with Crippen LogP contribution in [0.4, 0.5) is 0 Å². The molecule has 0 spiro atoms. The van der Waals surface area contributed by atoms with E-state index in [2.05, 4.69) is 24.1 Å². The third kappa shape index (κ3) is 6.21. The Labute approximate surface area is 200 Å². The maximum absolute atomic E-state index is 13.0. The van der Waals surface area contributed by atoms with Crippen LogP contribution >= 0.6 is 0 Å². The summed E-state index contributed by atoms with van der Waals surface area (Å²) in [6, 6.07) is 5.77. The number of aliphatic hydroxyl groups is 1. The van der Waals surface area contributed by atoms with Crippen molar-refractivity contribution >= 4 is 5.91 Å². The molecule has 2 N–H and O–H groups in total. The van der Waals surface area contributed by atoms with Crippen LogP contribution in [-0.2, 0) is 4.79 Å². The van der Waals surface area contributed by atoms with Gasteiger partial charge >= 0.3 is 0 Å². The number of ether oxygens (including phenoxy) is 2. The minimum Gasteiger partial charge on any atom is -0.497 e. The van der Waals surface area contributed by atoms with Crippen LogP contribution in [0.5, 0.6) is 11.5 Å². The van der Waals surface area contributed by atoms with Gasteiger partial charge < -0.3 is 19.9 Å². The monoisotopic (exact) mass is 460 g/mol. The van der Waals surface area contributed by atoms with E-state index in [1.54, 1.807) is 14.2 Å². The highest BCUT2D eigenvalue weighted by Gasteiger charge is 2.50. The maximum atomic E-state index is 13.0. The number of fused-ring (bicyclic) bond motifs is 1. The van der Waals surface area contributed by atoms with E-state index in [9.17, 15) is 9.90 Å². The van der Waals surface area contributed by atoms with Crippen molar-refractivity contribution in [1.29, 1.82) is 0 Å². The van der Waals surface area contributed by atoms with Crippen LogP contribution in [0.3, 0.4) is 0 Å². The number of nitrogens with zero attached hydrogens (tertiary/aromatic N) is 1. The molecule has 0 aromatic heterocycles. The Hall–Kier alpha value is -1.79. The van der Waals surface area contributed by atoms with Crippen LogP contribution in [0.15, 0.2) is 18.2 Å². The summed E-state index contributed by atoms with van der Waals surface area (Å²) in [6.45, 7) is 6.18. The molecule has 1 aliphatic carbocycles. The first-order valence-corrected chi connectivity index (χ1v) is 12.9. The number of hydrogen-bond acceptors (Lipinski definition) is 5. The van der Waals surface area contributed by atoms with Gasteiger partial charge in [-0.2, -0.15) is 0 Å². The largest absolute Gasteiger partial charge is 0.497 e. The molecule has 1 amide bonds. The smallest absolute Gasteiger partial charge is 0.234 e. The fourth-order valence-corrected chi connectivity index (χ4v) is 5.85. The zero-order valence-corrected chi connectivity index (χ0v) is 21.1. The van der Waals surface area contributed by atoms with E-state index < -0.39 is 5.60 Å². The van der Waals surface area contributed by atoms with Gasteiger partial charge in [0.15, 0.2) is 0 Å². The van der Waals surface area contributed by atoms with Gasteiger partial charge in [-0.1, -0.05) is 46.0 Å². The van der Waals surface area contributed by atoms with Gasteiger partial charge in [0.25, 0.3) is 0 Å². The lowest BCUT2D eigenvalue weighted by atomic mass is 9.66. The molecule has 33 heavy (non-hydrogen) atoms. The molecular formula is C27H44N2O4. The minimum absolute atomic E-state index is 0.0676. The zero-order valence-electron chi connectivity index (χ0n) is 21.1. The molecule has 2 aliphatic rings. The summed E-state index contributed by atoms with van der Waals surface area (Å²) in [5.41, 5.74) is 0.321. The molecule has 2 fully saturated rings. The molecular weight excluding hydrogens is 416 g/mol. The second kappa shape index (κ2) is 12.1. The molecule has 6 nitrogen and oxygen atoms in total. The summed E-state index contributed by atoms with van der Waals surface area (Å²) in [5, 5.41) is 14.8. The quantitative estimate of drug-likeness (QED) is 0.501. The van der Waals surface area contributed by atoms with Crippen LogP contribution in [0.25, 0.3) is 0 Å². The molecule has 1 saturated heterocycles. The number of nitrogens with one attached hydrogen (secondary N) is 1. The number of carbonyl (C=O) groups excluding carboxylic acids is 1. The zero-order chi connectivity index (χ0) is 23.8. The molecule has 3 rings (SSSR count). The summed E-state index contributed by atoms with van der Waals surface area (Å²) >= 11 is 0. The van der Waals surface area contributed by atoms with Gasteiger partial charge in [0.05, 0.1) is 26.4 Å². The fraction of sp³-hybridized carbons (Fsp3) is 0.741. The first-order chi connectivity index (χ1) is 16.0. The topological polar surface area (TPSA) is 71.0 Å². The average Bonchev–Trinajstić information content (AvgIpc) is 2.83. The number of unbranched alkanes of at least 4 members (excludes halogenated alkanes) is 1. The van der Waals surface area contributed by atoms with Crippen molar-refractivity contribution in [2.45, 2.75) is 83.3 Å². The van der Waals surface area contributed by atoms with E-state index in [4.69, 9.17) is 9.47 Å². The number of amides is 1. The van der Waals surface area contributed by atoms with Crippen molar-refractivity contribution < 1.29 is 19.4 Å². The van der Waals surface area contributed by atoms with Crippen molar-refractivity contribution in [1.82, 2.24) is 10.2 Å². The van der Waals surface area contributed by atoms with Crippen molar-refractivity contribution in [3.8, 4) is 11.5 Å². The summed E-state index contributed by atoms with van der Waals surface area (Å²) in [6.07, 6.45) is 9.30. The van der Waals surface area contributed by atoms with Crippen LogP contribution in [0, 0.1) is 11.8 Å². The van der Waals surface area contributed by atoms with Crippen LogP contribution in [-0.4, -0.2) is 55.4 Å². The predicted molar refractivity (Wildman–Crippen MR) is 132 cm³/mol. The van der Waals surface area contributed by atoms with Crippen LogP contribution < -0.4 is 14.8 Å². The van der Waals surface area contributed by atoms with Gasteiger partial charge in [0.2, 0.25) is 5.91 Å². The fourth-order valence-electron chi connectivity index (χ4n) is 5.85. The SMILES string of the molecule is CCCCC(CC)CNC(=O)CN1CCC2(O)CCCCC2C1c1cc(OC)ccc1OC. The number of likely N-dealkylation sites (tertiary alicyclic amines) is 1. The Morgan fingerprint density at radius 2 is 2.06 bits per heavy atom. The number of methoxy groups -OCH3 is 2. The second-order valence-corrected chi connectivity index (χ2v) is 9.95. The summed E-state index contributed by atoms with van der Waals surface area (Å²) in [7, 11) is 3.34. The van der Waals surface area contributed by atoms with Crippen molar-refractivity contribution in [2.24, 2.45) is 11.8 Å². The maximum Gasteiger partial charge on any atom is 0.234 e. The Morgan fingerprint density at radius 1 is 1.24 bits per heavy atom. The molecule has 6 heteroatoms. The molecule has 4 unspecified atom stereocenters. The molecule has 0 bridgehead atoms. The number of piperidine rings is 1. The number of hydrogen-bond donors (Lipinski definition) is 2. The van der Waals surface area contributed by atoms with E-state index >= 15 is 0 Å². The van der Waals surface area contributed by atoms with Crippen LogP contribution in [0.2, 0.25) is 0 Å². The van der Waals surface area contributed by atoms with Gasteiger partial charge in [0, 0.05) is 30.6 Å². The van der Waals surface area contributed by atoms with Crippen molar-refractivity contribution in [2.75, 3.05) is 33.9 Å². The molecule has 186 valence electrons. The van der Waals surface area contributed by atoms with E-state index in [0.29, 0.717) is 25.4 Å². The van der Waals surface area contributed by atoms with E-state index in [-0.39, 0.29) is 17.9 Å². The second-order valence-electron chi connectivity index (χ2n) is 9.95. The normalized spacial score (nSPS) is 26.3. The third-order valence-electron chi connectivity index (χ3n) is 7.90. The highest BCUT2D eigenvalue weighted by Crippen LogP contribution is 2.51. The molecule has 0 radical (unpaired) electrons.